The molecule has 9 heteroatoms. The van der Waals surface area contributed by atoms with Gasteiger partial charge >= 0.3 is 6.09 Å². The first-order chi connectivity index (χ1) is 18.4. The molecule has 0 N–H and O–H groups in total. The topological polar surface area (TPSA) is 100 Å². The highest BCUT2D eigenvalue weighted by atomic mass is 16.7. The molecule has 0 radical (unpaired) electrons. The number of carbonyl (C=O) groups excluding carboxylic acids is 1. The quantitative estimate of drug-likeness (QED) is 0.133. The lowest BCUT2D eigenvalue weighted by Gasteiger charge is -2.25. The second-order valence-electron chi connectivity index (χ2n) is 9.54. The van der Waals surface area contributed by atoms with Crippen LogP contribution in [0.25, 0.3) is 11.1 Å². The summed E-state index contributed by atoms with van der Waals surface area (Å²) in [5.41, 5.74) is 1.24. The van der Waals surface area contributed by atoms with Gasteiger partial charge in [-0.15, -0.1) is 0 Å². The number of benzene rings is 2. The highest BCUT2D eigenvalue weighted by molar-refractivity contribution is 5.83. The van der Waals surface area contributed by atoms with E-state index in [9.17, 15) is 14.9 Å². The maximum atomic E-state index is 13.4. The van der Waals surface area contributed by atoms with Crippen molar-refractivity contribution >= 4 is 11.8 Å². The summed E-state index contributed by atoms with van der Waals surface area (Å²) in [5.74, 6) is 1.34. The molecule has 208 valence electrons. The molecule has 3 rings (SSSR count). The molecule has 0 saturated carbocycles. The van der Waals surface area contributed by atoms with E-state index in [1.165, 1.54) is 6.07 Å². The van der Waals surface area contributed by atoms with E-state index in [4.69, 9.17) is 18.9 Å². The van der Waals surface area contributed by atoms with Crippen molar-refractivity contribution in [2.45, 2.75) is 78.2 Å². The number of ether oxygens (including phenoxy) is 4. The van der Waals surface area contributed by atoms with Crippen LogP contribution in [0, 0.1) is 10.1 Å². The fraction of sp³-hybridized carbons (Fsp3) is 0.552. The van der Waals surface area contributed by atoms with Crippen molar-refractivity contribution in [1.82, 2.24) is 4.90 Å². The van der Waals surface area contributed by atoms with Crippen LogP contribution in [0.2, 0.25) is 0 Å². The van der Waals surface area contributed by atoms with Gasteiger partial charge in [0.25, 0.3) is 5.69 Å². The predicted octanol–water partition coefficient (Wildman–Crippen LogP) is 7.66. The maximum Gasteiger partial charge on any atom is 0.410 e. The van der Waals surface area contributed by atoms with Crippen LogP contribution in [0.4, 0.5) is 10.5 Å². The molecule has 1 unspecified atom stereocenters. The minimum Gasteiger partial charge on any atom is -0.497 e. The highest BCUT2D eigenvalue weighted by Crippen LogP contribution is 2.50. The third-order valence-electron chi connectivity index (χ3n) is 6.76. The van der Waals surface area contributed by atoms with Crippen molar-refractivity contribution in [2.24, 2.45) is 0 Å². The molecule has 1 atom stereocenters. The van der Waals surface area contributed by atoms with Crippen molar-refractivity contribution in [3.05, 3.63) is 46.0 Å². The lowest BCUT2D eigenvalue weighted by Crippen LogP contribution is -2.34. The Hall–Kier alpha value is -3.49. The van der Waals surface area contributed by atoms with Gasteiger partial charge in [0.15, 0.2) is 11.5 Å². The fourth-order valence-corrected chi connectivity index (χ4v) is 4.69. The Morgan fingerprint density at radius 1 is 1.03 bits per heavy atom. The molecule has 0 aliphatic carbocycles. The molecule has 0 saturated heterocycles. The van der Waals surface area contributed by atoms with Gasteiger partial charge in [0.1, 0.15) is 11.9 Å². The standard InChI is InChI=1S/C29H40N2O7/c1-5-7-9-11-17-30(18-12-10-8-6-2)29(32)38-21(3)26-24(31(33)34)19-25-28(37-20-36-25)27(26)22-13-15-23(35-4)16-14-22/h13-16,19,21H,5-12,17-18,20H2,1-4H3. The van der Waals surface area contributed by atoms with E-state index in [1.54, 1.807) is 43.2 Å². The van der Waals surface area contributed by atoms with Crippen LogP contribution in [0.1, 0.15) is 83.8 Å². The number of hydrogen-bond acceptors (Lipinski definition) is 7. The fourth-order valence-electron chi connectivity index (χ4n) is 4.69. The minimum atomic E-state index is -0.900. The number of nitro groups is 1. The zero-order valence-electron chi connectivity index (χ0n) is 23.0. The third-order valence-corrected chi connectivity index (χ3v) is 6.76. The van der Waals surface area contributed by atoms with Gasteiger partial charge in [-0.3, -0.25) is 10.1 Å². The Morgan fingerprint density at radius 3 is 2.21 bits per heavy atom. The first-order valence-corrected chi connectivity index (χ1v) is 13.6. The predicted molar refractivity (Wildman–Crippen MR) is 146 cm³/mol. The number of methoxy groups -OCH3 is 1. The van der Waals surface area contributed by atoms with Crippen molar-refractivity contribution in [1.29, 1.82) is 0 Å². The van der Waals surface area contributed by atoms with Gasteiger partial charge in [-0.05, 0) is 37.5 Å². The summed E-state index contributed by atoms with van der Waals surface area (Å²) in [6, 6.07) is 8.48. The Labute approximate surface area is 225 Å². The number of unbranched alkanes of at least 4 members (excludes halogenated alkanes) is 6. The van der Waals surface area contributed by atoms with Crippen molar-refractivity contribution in [2.75, 3.05) is 27.0 Å². The van der Waals surface area contributed by atoms with Crippen LogP contribution >= 0.6 is 0 Å². The molecule has 9 nitrogen and oxygen atoms in total. The van der Waals surface area contributed by atoms with E-state index in [0.29, 0.717) is 41.5 Å². The summed E-state index contributed by atoms with van der Waals surface area (Å²) in [6.45, 7) is 7.13. The van der Waals surface area contributed by atoms with E-state index in [1.807, 2.05) is 0 Å². The van der Waals surface area contributed by atoms with E-state index < -0.39 is 17.1 Å². The van der Waals surface area contributed by atoms with Gasteiger partial charge < -0.3 is 23.8 Å². The summed E-state index contributed by atoms with van der Waals surface area (Å²) in [6.07, 6.45) is 6.97. The van der Waals surface area contributed by atoms with E-state index in [2.05, 4.69) is 13.8 Å². The zero-order chi connectivity index (χ0) is 27.5. The number of amides is 1. The van der Waals surface area contributed by atoms with Gasteiger partial charge in [0.05, 0.1) is 23.7 Å². The van der Waals surface area contributed by atoms with Gasteiger partial charge in [-0.1, -0.05) is 64.5 Å². The number of carbonyl (C=O) groups is 1. The molecule has 0 spiro atoms. The van der Waals surface area contributed by atoms with Gasteiger partial charge in [0, 0.05) is 18.7 Å². The average Bonchev–Trinajstić information content (AvgIpc) is 3.39. The monoisotopic (exact) mass is 528 g/mol. The highest BCUT2D eigenvalue weighted by Gasteiger charge is 2.34. The van der Waals surface area contributed by atoms with Gasteiger partial charge in [0.2, 0.25) is 6.79 Å². The Bertz CT molecular complexity index is 1060. The van der Waals surface area contributed by atoms with Crippen LogP contribution in [-0.2, 0) is 4.74 Å². The second kappa shape index (κ2) is 14.4. The first-order valence-electron chi connectivity index (χ1n) is 13.6. The summed E-state index contributed by atoms with van der Waals surface area (Å²) < 4.78 is 22.5. The average molecular weight is 529 g/mol. The SMILES string of the molecule is CCCCCCN(CCCCCC)C(=O)OC(C)c1c([N+](=O)[O-])cc2c(c1-c1ccc(OC)cc1)OCO2. The number of fused-ring (bicyclic) bond motifs is 1. The summed E-state index contributed by atoms with van der Waals surface area (Å²) in [7, 11) is 1.57. The van der Waals surface area contributed by atoms with Crippen LogP contribution in [0.15, 0.2) is 30.3 Å². The molecule has 0 fully saturated rings. The van der Waals surface area contributed by atoms with Crippen LogP contribution in [0.3, 0.4) is 0 Å². The van der Waals surface area contributed by atoms with Crippen molar-refractivity contribution in [3.63, 3.8) is 0 Å². The molecular formula is C29H40N2O7. The van der Waals surface area contributed by atoms with Crippen molar-refractivity contribution < 1.29 is 28.7 Å². The minimum absolute atomic E-state index is 0.0451. The normalized spacial score (nSPS) is 12.7. The van der Waals surface area contributed by atoms with Gasteiger partial charge in [-0.2, -0.15) is 0 Å². The smallest absolute Gasteiger partial charge is 0.410 e. The molecule has 1 heterocycles. The molecule has 38 heavy (non-hydrogen) atoms. The number of hydrogen-bond donors (Lipinski definition) is 0. The molecule has 2 aromatic carbocycles. The summed E-state index contributed by atoms with van der Waals surface area (Å²) in [5, 5.41) is 12.2. The lowest BCUT2D eigenvalue weighted by molar-refractivity contribution is -0.386. The van der Waals surface area contributed by atoms with Gasteiger partial charge in [-0.25, -0.2) is 4.79 Å². The molecule has 0 bridgehead atoms. The molecule has 1 amide bonds. The third kappa shape index (κ3) is 7.30. The molecule has 2 aromatic rings. The summed E-state index contributed by atoms with van der Waals surface area (Å²) >= 11 is 0. The first kappa shape index (κ1) is 29.1. The number of rotatable bonds is 15. The van der Waals surface area contributed by atoms with E-state index >= 15 is 0 Å². The van der Waals surface area contributed by atoms with Crippen LogP contribution in [0.5, 0.6) is 17.2 Å². The maximum absolute atomic E-state index is 13.4. The Balaban J connectivity index is 1.93. The molecule has 1 aliphatic heterocycles. The Morgan fingerprint density at radius 2 is 1.66 bits per heavy atom. The largest absolute Gasteiger partial charge is 0.497 e. The second-order valence-corrected chi connectivity index (χ2v) is 9.54. The lowest BCUT2D eigenvalue weighted by atomic mass is 9.93. The van der Waals surface area contributed by atoms with Crippen LogP contribution < -0.4 is 14.2 Å². The zero-order valence-corrected chi connectivity index (χ0v) is 23.0. The molecule has 0 aromatic heterocycles. The Kier molecular flexibility index (Phi) is 11.1. The molecule has 1 aliphatic rings. The van der Waals surface area contributed by atoms with E-state index in [-0.39, 0.29) is 18.0 Å². The molecular weight excluding hydrogens is 488 g/mol. The van der Waals surface area contributed by atoms with Crippen molar-refractivity contribution in [3.8, 4) is 28.4 Å². The summed E-state index contributed by atoms with van der Waals surface area (Å²) in [4.78, 5) is 26.8. The van der Waals surface area contributed by atoms with Crippen LogP contribution in [-0.4, -0.2) is 42.9 Å². The number of nitro benzene ring substituents is 1. The number of nitrogens with zero attached hydrogens (tertiary/aromatic N) is 2. The van der Waals surface area contributed by atoms with E-state index in [0.717, 1.165) is 51.4 Å².